The number of unbranched alkanes of at least 4 members (excludes halogenated alkanes) is 2. The lowest BCUT2D eigenvalue weighted by atomic mass is 10.1. The maximum Gasteiger partial charge on any atom is 0.0780 e. The predicted octanol–water partition coefficient (Wildman–Crippen LogP) is 3.11. The summed E-state index contributed by atoms with van der Waals surface area (Å²) in [5.41, 5.74) is 1.03. The Labute approximate surface area is 87.0 Å². The molecule has 3 heteroatoms. The summed E-state index contributed by atoms with van der Waals surface area (Å²) in [5, 5.41) is 19.3. The summed E-state index contributed by atoms with van der Waals surface area (Å²) in [5.74, 6) is 0. The molecule has 0 heterocycles. The number of rotatable bonds is 8. The Bertz CT molecular complexity index is 157. The minimum atomic E-state index is 0.759. The van der Waals surface area contributed by atoms with Gasteiger partial charge in [-0.3, -0.25) is 0 Å². The summed E-state index contributed by atoms with van der Waals surface area (Å²) in [4.78, 5) is 0. The van der Waals surface area contributed by atoms with E-state index in [4.69, 9.17) is 5.11 Å². The van der Waals surface area contributed by atoms with Crippen LogP contribution in [0.2, 0.25) is 0 Å². The maximum absolute atomic E-state index is 9.29. The molecule has 0 aromatic rings. The van der Waals surface area contributed by atoms with E-state index in [1.807, 2.05) is 6.92 Å². The summed E-state index contributed by atoms with van der Waals surface area (Å²) in [6.45, 7) is 5.50. The van der Waals surface area contributed by atoms with Crippen LogP contribution >= 0.6 is 0 Å². The summed E-state index contributed by atoms with van der Waals surface area (Å²) in [7, 11) is 0. The second-order valence-corrected chi connectivity index (χ2v) is 3.74. The second kappa shape index (κ2) is 9.03. The monoisotopic (exact) mass is 201 g/mol. The molecule has 0 saturated carbocycles. The van der Waals surface area contributed by atoms with E-state index in [2.05, 4.69) is 6.92 Å². The van der Waals surface area contributed by atoms with Gasteiger partial charge in [0.15, 0.2) is 0 Å². The first-order valence-electron chi connectivity index (χ1n) is 5.44. The summed E-state index contributed by atoms with van der Waals surface area (Å²) < 4.78 is 0. The van der Waals surface area contributed by atoms with Crippen LogP contribution in [0.1, 0.15) is 46.0 Å². The molecule has 0 saturated heterocycles. The highest BCUT2D eigenvalue weighted by atomic mass is 16.5. The molecule has 0 fully saturated rings. The van der Waals surface area contributed by atoms with E-state index >= 15 is 0 Å². The smallest absolute Gasteiger partial charge is 0.0780 e. The molecule has 0 aromatic heterocycles. The molecular weight excluding hydrogens is 178 g/mol. The molecular formula is C11H23NO2. The lowest BCUT2D eigenvalue weighted by Crippen LogP contribution is -2.21. The van der Waals surface area contributed by atoms with Crippen LogP contribution < -0.4 is 0 Å². The van der Waals surface area contributed by atoms with Crippen molar-refractivity contribution in [1.29, 1.82) is 0 Å². The van der Waals surface area contributed by atoms with Crippen LogP contribution in [0.5, 0.6) is 0 Å². The van der Waals surface area contributed by atoms with E-state index in [1.165, 1.54) is 11.3 Å². The second-order valence-electron chi connectivity index (χ2n) is 3.74. The molecule has 0 rings (SSSR count). The predicted molar refractivity (Wildman–Crippen MR) is 58.5 cm³/mol. The average molecular weight is 201 g/mol. The van der Waals surface area contributed by atoms with Gasteiger partial charge in [-0.15, -0.1) is 0 Å². The van der Waals surface area contributed by atoms with Gasteiger partial charge in [-0.1, -0.05) is 13.3 Å². The van der Waals surface area contributed by atoms with Gasteiger partial charge in [0.1, 0.15) is 0 Å². The fourth-order valence-corrected chi connectivity index (χ4v) is 1.31. The topological polar surface area (TPSA) is 43.7 Å². The van der Waals surface area contributed by atoms with Gasteiger partial charge in [0.2, 0.25) is 0 Å². The van der Waals surface area contributed by atoms with Crippen LogP contribution in [0.3, 0.4) is 0 Å². The molecule has 0 aromatic carbocycles. The number of nitrogens with zero attached hydrogens (tertiary/aromatic N) is 1. The Morgan fingerprint density at radius 3 is 2.50 bits per heavy atom. The Morgan fingerprint density at radius 2 is 1.93 bits per heavy atom. The quantitative estimate of drug-likeness (QED) is 0.360. The van der Waals surface area contributed by atoms with Gasteiger partial charge >= 0.3 is 0 Å². The van der Waals surface area contributed by atoms with Gasteiger partial charge in [0, 0.05) is 13.1 Å². The van der Waals surface area contributed by atoms with Crippen molar-refractivity contribution in [1.82, 2.24) is 5.06 Å². The molecule has 0 spiro atoms. The van der Waals surface area contributed by atoms with Crippen LogP contribution in [-0.4, -0.2) is 28.5 Å². The van der Waals surface area contributed by atoms with Crippen molar-refractivity contribution in [3.63, 3.8) is 0 Å². The van der Waals surface area contributed by atoms with E-state index in [0.717, 1.165) is 50.8 Å². The third-order valence-electron chi connectivity index (χ3n) is 2.19. The van der Waals surface area contributed by atoms with Crippen LogP contribution in [0.4, 0.5) is 0 Å². The summed E-state index contributed by atoms with van der Waals surface area (Å²) in [6.07, 6.45) is 6.33. The van der Waals surface area contributed by atoms with E-state index < -0.39 is 0 Å². The SMILES string of the molecule is CCCN(O)CCCCC/C(C)=C\O. The number of aliphatic hydroxyl groups is 1. The highest BCUT2D eigenvalue weighted by Gasteiger charge is 1.98. The first-order chi connectivity index (χ1) is 6.70. The van der Waals surface area contributed by atoms with Crippen molar-refractivity contribution in [2.75, 3.05) is 13.1 Å². The zero-order valence-electron chi connectivity index (χ0n) is 9.37. The molecule has 0 atom stereocenters. The van der Waals surface area contributed by atoms with Gasteiger partial charge in [0.05, 0.1) is 6.26 Å². The lowest BCUT2D eigenvalue weighted by Gasteiger charge is -2.12. The van der Waals surface area contributed by atoms with Crippen molar-refractivity contribution in [3.8, 4) is 0 Å². The first kappa shape index (κ1) is 13.5. The zero-order chi connectivity index (χ0) is 10.8. The minimum absolute atomic E-state index is 0.759. The van der Waals surface area contributed by atoms with Crippen LogP contribution in [0.25, 0.3) is 0 Å². The Kier molecular flexibility index (Phi) is 8.68. The van der Waals surface area contributed by atoms with Gasteiger partial charge in [-0.05, 0) is 38.2 Å². The van der Waals surface area contributed by atoms with E-state index in [0.29, 0.717) is 0 Å². The number of hydrogen-bond acceptors (Lipinski definition) is 3. The van der Waals surface area contributed by atoms with Crippen molar-refractivity contribution < 1.29 is 10.3 Å². The van der Waals surface area contributed by atoms with Crippen LogP contribution in [-0.2, 0) is 0 Å². The molecule has 0 aliphatic heterocycles. The number of hydroxylamine groups is 2. The molecule has 14 heavy (non-hydrogen) atoms. The van der Waals surface area contributed by atoms with E-state index in [9.17, 15) is 5.21 Å². The molecule has 0 unspecified atom stereocenters. The Balaban J connectivity index is 3.21. The fourth-order valence-electron chi connectivity index (χ4n) is 1.31. The number of aliphatic hydroxyl groups excluding tert-OH is 1. The molecule has 0 aliphatic carbocycles. The average Bonchev–Trinajstić information content (AvgIpc) is 2.17. The summed E-state index contributed by atoms with van der Waals surface area (Å²) in [6, 6.07) is 0. The molecule has 0 aliphatic rings. The number of hydrogen-bond donors (Lipinski definition) is 2. The largest absolute Gasteiger partial charge is 0.516 e. The third-order valence-corrected chi connectivity index (χ3v) is 2.19. The Morgan fingerprint density at radius 1 is 1.21 bits per heavy atom. The normalized spacial score (nSPS) is 12.4. The number of allylic oxidation sites excluding steroid dienone is 1. The standard InChI is InChI=1S/C11H23NO2/c1-3-8-12(14)9-6-4-5-7-11(2)10-13/h10,13-14H,3-9H2,1-2H3/b11-10-. The van der Waals surface area contributed by atoms with E-state index in [1.54, 1.807) is 0 Å². The molecule has 0 radical (unpaired) electrons. The van der Waals surface area contributed by atoms with Gasteiger partial charge < -0.3 is 10.3 Å². The summed E-state index contributed by atoms with van der Waals surface area (Å²) >= 11 is 0. The maximum atomic E-state index is 9.29. The molecule has 0 amide bonds. The van der Waals surface area contributed by atoms with Crippen molar-refractivity contribution >= 4 is 0 Å². The Hall–Kier alpha value is -0.540. The zero-order valence-corrected chi connectivity index (χ0v) is 9.37. The van der Waals surface area contributed by atoms with Crippen molar-refractivity contribution in [2.45, 2.75) is 46.0 Å². The van der Waals surface area contributed by atoms with Gasteiger partial charge in [-0.25, -0.2) is 0 Å². The highest BCUT2D eigenvalue weighted by Crippen LogP contribution is 2.07. The molecule has 3 nitrogen and oxygen atoms in total. The van der Waals surface area contributed by atoms with Gasteiger partial charge in [-0.2, -0.15) is 5.06 Å². The van der Waals surface area contributed by atoms with Crippen molar-refractivity contribution in [3.05, 3.63) is 11.8 Å². The molecule has 2 N–H and O–H groups in total. The fraction of sp³-hybridized carbons (Fsp3) is 0.818. The lowest BCUT2D eigenvalue weighted by molar-refractivity contribution is -0.0912. The molecule has 0 bridgehead atoms. The highest BCUT2D eigenvalue weighted by molar-refractivity contribution is 4.91. The van der Waals surface area contributed by atoms with Crippen LogP contribution in [0, 0.1) is 0 Å². The van der Waals surface area contributed by atoms with E-state index in [-0.39, 0.29) is 0 Å². The van der Waals surface area contributed by atoms with Crippen LogP contribution in [0.15, 0.2) is 11.8 Å². The first-order valence-corrected chi connectivity index (χ1v) is 5.44. The minimum Gasteiger partial charge on any atom is -0.516 e. The van der Waals surface area contributed by atoms with Gasteiger partial charge in [0.25, 0.3) is 0 Å². The third kappa shape index (κ3) is 8.08. The molecule has 84 valence electrons. The van der Waals surface area contributed by atoms with Crippen molar-refractivity contribution in [2.24, 2.45) is 0 Å².